The maximum atomic E-state index is 14.2. The number of hydrogen-bond donors (Lipinski definition) is 1. The van der Waals surface area contributed by atoms with Crippen molar-refractivity contribution >= 4 is 28.8 Å². The van der Waals surface area contributed by atoms with Crippen molar-refractivity contribution in [1.29, 1.82) is 0 Å². The summed E-state index contributed by atoms with van der Waals surface area (Å²) >= 11 is 7.06. The average molecular weight is 562 g/mol. The largest absolute Gasteiger partial charge is 0.377 e. The maximum absolute atomic E-state index is 14.2. The molecule has 1 aromatic carbocycles. The number of piperidine rings is 1. The van der Waals surface area contributed by atoms with Gasteiger partial charge in [-0.25, -0.2) is 18.2 Å². The van der Waals surface area contributed by atoms with Crippen LogP contribution in [-0.2, 0) is 4.74 Å². The molecule has 0 spiro atoms. The Hall–Kier alpha value is -2.34. The molecule has 1 N–H and O–H groups in total. The van der Waals surface area contributed by atoms with E-state index in [0.29, 0.717) is 30.8 Å². The molecule has 0 bridgehead atoms. The third-order valence-corrected chi connectivity index (χ3v) is 7.61. The molecule has 2 aromatic rings. The third kappa shape index (κ3) is 6.95. The number of halogens is 6. The summed E-state index contributed by atoms with van der Waals surface area (Å²) in [6.45, 7) is 1.19. The third-order valence-electron chi connectivity index (χ3n) is 6.35. The van der Waals surface area contributed by atoms with Crippen LogP contribution in [0.2, 0.25) is 5.02 Å². The van der Waals surface area contributed by atoms with Gasteiger partial charge in [0.15, 0.2) is 0 Å². The summed E-state index contributed by atoms with van der Waals surface area (Å²) in [6.07, 6.45) is 2.82. The van der Waals surface area contributed by atoms with E-state index in [1.807, 2.05) is 4.90 Å². The molecule has 37 heavy (non-hydrogen) atoms. The molecular formula is C25H25ClF5N3O2S. The van der Waals surface area contributed by atoms with Gasteiger partial charge in [0.05, 0.1) is 39.7 Å². The molecule has 1 aliphatic carbocycles. The minimum Gasteiger partial charge on any atom is -0.377 e. The first-order valence-corrected chi connectivity index (χ1v) is 13.0. The van der Waals surface area contributed by atoms with Crippen LogP contribution in [0.5, 0.6) is 0 Å². The van der Waals surface area contributed by atoms with Crippen molar-refractivity contribution < 1.29 is 31.5 Å². The number of allylic oxidation sites excluding steroid dienone is 2. The number of aromatic nitrogens is 1. The van der Waals surface area contributed by atoms with Crippen molar-refractivity contribution in [3.63, 3.8) is 0 Å². The second-order valence-corrected chi connectivity index (χ2v) is 10.1. The van der Waals surface area contributed by atoms with Gasteiger partial charge in [-0.2, -0.15) is 8.78 Å². The summed E-state index contributed by atoms with van der Waals surface area (Å²) in [7, 11) is 0. The average Bonchev–Trinajstić information content (AvgIpc) is 3.34. The van der Waals surface area contributed by atoms with Crippen molar-refractivity contribution in [1.82, 2.24) is 15.2 Å². The van der Waals surface area contributed by atoms with Crippen LogP contribution in [0.1, 0.15) is 46.2 Å². The van der Waals surface area contributed by atoms with E-state index in [-0.39, 0.29) is 41.5 Å². The number of carbonyl (C=O) groups excluding carboxylic acids is 1. The van der Waals surface area contributed by atoms with E-state index in [2.05, 4.69) is 10.3 Å². The maximum Gasteiger partial charge on any atom is 0.284 e. The highest BCUT2D eigenvalue weighted by Gasteiger charge is 2.32. The van der Waals surface area contributed by atoms with Crippen molar-refractivity contribution in [3.8, 4) is 0 Å². The van der Waals surface area contributed by atoms with Gasteiger partial charge in [0.2, 0.25) is 0 Å². The lowest BCUT2D eigenvalue weighted by Gasteiger charge is -2.37. The summed E-state index contributed by atoms with van der Waals surface area (Å²) in [6, 6.07) is 3.28. The number of thiazole rings is 1. The number of benzene rings is 1. The van der Waals surface area contributed by atoms with Crippen molar-refractivity contribution in [3.05, 3.63) is 75.0 Å². The standard InChI is InChI=1S/C25H25ClF5N3O2S/c26-17-2-1-3-18(27)20(17)24(35)32-12-19(22-21(23(28)29)33-14-37-22)34-10-6-16(7-11-34)36-13-15-4-8-25(30,31)9-5-15/h1-5,8-9,14-16,19,23H,6-7,10-13H2,(H,32,35). The highest BCUT2D eigenvalue weighted by atomic mass is 35.5. The molecule has 5 nitrogen and oxygen atoms in total. The smallest absolute Gasteiger partial charge is 0.284 e. The predicted molar refractivity (Wildman–Crippen MR) is 131 cm³/mol. The number of rotatable bonds is 9. The molecule has 1 saturated heterocycles. The Morgan fingerprint density at radius 3 is 2.59 bits per heavy atom. The van der Waals surface area contributed by atoms with Crippen LogP contribution in [0.15, 0.2) is 48.0 Å². The lowest BCUT2D eigenvalue weighted by molar-refractivity contribution is -0.00813. The van der Waals surface area contributed by atoms with Gasteiger partial charge in [0.1, 0.15) is 11.5 Å². The summed E-state index contributed by atoms with van der Waals surface area (Å²) in [4.78, 5) is 18.8. The zero-order valence-corrected chi connectivity index (χ0v) is 21.1. The van der Waals surface area contributed by atoms with Crippen molar-refractivity contribution in [2.24, 2.45) is 5.92 Å². The molecule has 1 aliphatic heterocycles. The Balaban J connectivity index is 1.40. The molecular weight excluding hydrogens is 537 g/mol. The van der Waals surface area contributed by atoms with E-state index in [1.165, 1.54) is 29.8 Å². The Labute approximate surface area is 220 Å². The van der Waals surface area contributed by atoms with Gasteiger partial charge in [-0.3, -0.25) is 9.69 Å². The van der Waals surface area contributed by atoms with Gasteiger partial charge in [0.25, 0.3) is 18.3 Å². The van der Waals surface area contributed by atoms with Crippen LogP contribution < -0.4 is 5.32 Å². The summed E-state index contributed by atoms with van der Waals surface area (Å²) in [5.41, 5.74) is 0.681. The summed E-state index contributed by atoms with van der Waals surface area (Å²) in [5, 5.41) is 2.59. The van der Waals surface area contributed by atoms with Crippen molar-refractivity contribution in [2.45, 2.75) is 37.3 Å². The van der Waals surface area contributed by atoms with Crippen LogP contribution in [0, 0.1) is 11.7 Å². The van der Waals surface area contributed by atoms with E-state index in [1.54, 1.807) is 0 Å². The number of amides is 1. The predicted octanol–water partition coefficient (Wildman–Crippen LogP) is 6.20. The van der Waals surface area contributed by atoms with E-state index in [4.69, 9.17) is 16.3 Å². The van der Waals surface area contributed by atoms with Crippen LogP contribution >= 0.6 is 22.9 Å². The molecule has 12 heteroatoms. The Morgan fingerprint density at radius 1 is 1.24 bits per heavy atom. The molecule has 1 fully saturated rings. The first-order chi connectivity index (χ1) is 17.6. The van der Waals surface area contributed by atoms with Crippen molar-refractivity contribution in [2.75, 3.05) is 26.2 Å². The fourth-order valence-electron chi connectivity index (χ4n) is 4.39. The van der Waals surface area contributed by atoms with Gasteiger partial charge in [-0.05, 0) is 37.1 Å². The van der Waals surface area contributed by atoms with E-state index in [0.717, 1.165) is 29.6 Å². The first kappa shape index (κ1) is 27.7. The summed E-state index contributed by atoms with van der Waals surface area (Å²) in [5.74, 6) is -4.69. The number of likely N-dealkylation sites (tertiary alicyclic amines) is 1. The normalized spacial score (nSPS) is 19.4. The number of hydrogen-bond acceptors (Lipinski definition) is 5. The molecule has 2 aliphatic rings. The molecule has 4 rings (SSSR count). The number of ether oxygens (including phenoxy) is 1. The Bertz CT molecular complexity index is 1110. The molecule has 1 unspecified atom stereocenters. The number of nitrogens with zero attached hydrogens (tertiary/aromatic N) is 2. The van der Waals surface area contributed by atoms with Gasteiger partial charge in [0, 0.05) is 25.6 Å². The highest BCUT2D eigenvalue weighted by Crippen LogP contribution is 2.35. The lowest BCUT2D eigenvalue weighted by atomic mass is 10.0. The van der Waals surface area contributed by atoms with Crippen LogP contribution in [0.25, 0.3) is 0 Å². The first-order valence-electron chi connectivity index (χ1n) is 11.7. The quantitative estimate of drug-likeness (QED) is 0.292. The highest BCUT2D eigenvalue weighted by molar-refractivity contribution is 7.09. The second kappa shape index (κ2) is 12.0. The SMILES string of the molecule is O=C(NCC(c1scnc1C(F)F)N1CCC(OCC2C=CC(F)(F)C=C2)CC1)c1c(F)cccc1Cl. The van der Waals surface area contributed by atoms with E-state index in [9.17, 15) is 26.7 Å². The molecule has 0 radical (unpaired) electrons. The minimum atomic E-state index is -2.93. The zero-order chi connectivity index (χ0) is 26.6. The van der Waals surface area contributed by atoms with Crippen LogP contribution in [0.4, 0.5) is 22.0 Å². The number of alkyl halides is 4. The molecule has 200 valence electrons. The van der Waals surface area contributed by atoms with Gasteiger partial charge < -0.3 is 10.1 Å². The van der Waals surface area contributed by atoms with E-state index >= 15 is 0 Å². The van der Waals surface area contributed by atoms with Gasteiger partial charge >= 0.3 is 0 Å². The number of carbonyl (C=O) groups is 1. The minimum absolute atomic E-state index is 0.0514. The van der Waals surface area contributed by atoms with E-state index < -0.39 is 30.1 Å². The molecule has 1 amide bonds. The zero-order valence-electron chi connectivity index (χ0n) is 19.6. The van der Waals surface area contributed by atoms with Crippen LogP contribution in [-0.4, -0.2) is 54.1 Å². The molecule has 1 atom stereocenters. The van der Waals surface area contributed by atoms with Gasteiger partial charge in [-0.15, -0.1) is 11.3 Å². The Morgan fingerprint density at radius 2 is 1.95 bits per heavy atom. The van der Waals surface area contributed by atoms with Crippen LogP contribution in [0.3, 0.4) is 0 Å². The summed E-state index contributed by atoms with van der Waals surface area (Å²) < 4.78 is 73.8. The Kier molecular flexibility index (Phi) is 8.99. The second-order valence-electron chi connectivity index (χ2n) is 8.85. The van der Waals surface area contributed by atoms with Gasteiger partial charge in [-0.1, -0.05) is 29.8 Å². The fraction of sp³-hybridized carbons (Fsp3) is 0.440. The number of nitrogens with one attached hydrogen (secondary N) is 1. The molecule has 1 aromatic heterocycles. The topological polar surface area (TPSA) is 54.5 Å². The molecule has 0 saturated carbocycles. The molecule has 2 heterocycles. The lowest BCUT2D eigenvalue weighted by Crippen LogP contribution is -2.44. The monoisotopic (exact) mass is 561 g/mol. The fourth-order valence-corrected chi connectivity index (χ4v) is 5.57.